The van der Waals surface area contributed by atoms with Gasteiger partial charge >= 0.3 is 12.4 Å². The third-order valence-corrected chi connectivity index (χ3v) is 25.3. The van der Waals surface area contributed by atoms with Crippen molar-refractivity contribution in [2.75, 3.05) is 85.6 Å². The van der Waals surface area contributed by atoms with Crippen molar-refractivity contribution in [3.05, 3.63) is 177 Å². The van der Waals surface area contributed by atoms with Crippen LogP contribution in [-0.4, -0.2) is 175 Å². The number of ether oxygens (including phenoxy) is 1. The zero-order valence-electron chi connectivity index (χ0n) is 53.5. The quantitative estimate of drug-likeness (QED) is 0.0267. The molecule has 3 amide bonds. The predicted octanol–water partition coefficient (Wildman–Crippen LogP) is 5.20. The first-order valence-corrected chi connectivity index (χ1v) is 37.1. The van der Waals surface area contributed by atoms with Gasteiger partial charge in [0.25, 0.3) is 17.7 Å². The number of benzene rings is 1. The molecule has 9 saturated heterocycles. The van der Waals surface area contributed by atoms with Crippen molar-refractivity contribution in [2.24, 2.45) is 17.8 Å². The van der Waals surface area contributed by atoms with Gasteiger partial charge in [-0.05, 0) is 105 Å². The topological polar surface area (TPSA) is 237 Å². The van der Waals surface area contributed by atoms with E-state index >= 15 is 0 Å². The van der Waals surface area contributed by atoms with Crippen molar-refractivity contribution >= 4 is 97.7 Å². The Balaban J connectivity index is 0.000000171. The maximum absolute atomic E-state index is 13.6. The van der Waals surface area contributed by atoms with E-state index in [1.807, 2.05) is 141 Å². The minimum absolute atomic E-state index is 0. The number of halogens is 7. The van der Waals surface area contributed by atoms with Crippen molar-refractivity contribution in [1.29, 1.82) is 0 Å². The summed E-state index contributed by atoms with van der Waals surface area (Å²) in [6, 6.07) is 32.7. The number of piperidine rings is 9. The van der Waals surface area contributed by atoms with E-state index in [1.165, 1.54) is 107 Å². The molecule has 6 N–H and O–H groups in total. The summed E-state index contributed by atoms with van der Waals surface area (Å²) in [6.07, 6.45) is -0.547. The Morgan fingerprint density at radius 1 is 0.500 bits per heavy atom. The van der Waals surface area contributed by atoms with Gasteiger partial charge in [0.05, 0.1) is 133 Å². The van der Waals surface area contributed by atoms with Gasteiger partial charge in [0, 0.05) is 44.9 Å². The van der Waals surface area contributed by atoms with Gasteiger partial charge in [-0.15, -0.1) is 68.0 Å². The number of alkyl halides is 6. The highest BCUT2D eigenvalue weighted by Crippen LogP contribution is 2.42. The van der Waals surface area contributed by atoms with Crippen molar-refractivity contribution in [3.8, 4) is 5.75 Å². The summed E-state index contributed by atoms with van der Waals surface area (Å²) in [5.41, 5.74) is -4.80. The summed E-state index contributed by atoms with van der Waals surface area (Å²) in [5, 5.41) is 73.2. The van der Waals surface area contributed by atoms with Crippen LogP contribution in [-0.2, 0) is 40.8 Å². The number of carboxylic acid groups (broad SMARTS) is 2. The Morgan fingerprint density at radius 2 is 0.796 bits per heavy atom. The number of quaternary nitrogens is 3. The van der Waals surface area contributed by atoms with Crippen molar-refractivity contribution < 1.29 is 111 Å². The Morgan fingerprint density at radius 3 is 1.08 bits per heavy atom. The highest BCUT2D eigenvalue weighted by atomic mass is 79.9. The van der Waals surface area contributed by atoms with Crippen LogP contribution in [0.1, 0.15) is 74.2 Å². The standard InChI is InChI=1S/C26H30N2O3S2.C20H24N2O2S2.C18H22N2O2S2.2C2HF3O2.BrH/c29-25(26(30,23-9-4-17-32-23)24-10-5-18-33-24)27-22-19-28(14-11-20(22)12-15-28)13-6-16-31-21-7-2-1-3-8-21;1-2-9-22-10-7-15(8-11-22)16(14-22)21-19(23)20(24,17-5-3-12-25-17)18-6-4-13-26-18;1-20-8-6-13(7-9-20)14(12-20)19-17(21)18(22,15-4-2-10-23-15)16-5-3-11-24-16;2*3-2(4,5)1(6)7;/h1-5,7-10,17-18,20,22,30H,6,11-16,19H2;2-6,12-13,15-16,24H,1,7-11,14H2;2-5,10-11,13-14,22H,6-9,12H2,1H3;2*(H,6,7);1H/t;15?,16-,22?;13?,14-,20?;;;/m.00.../s1. The van der Waals surface area contributed by atoms with Gasteiger partial charge in [0.2, 0.25) is 16.8 Å². The largest absolute Gasteiger partial charge is 1.00 e. The zero-order valence-corrected chi connectivity index (χ0v) is 60.0. The monoisotopic (exact) mass is 1540 g/mol. The van der Waals surface area contributed by atoms with Gasteiger partial charge < -0.3 is 86.2 Å². The lowest BCUT2D eigenvalue weighted by Gasteiger charge is -2.53. The van der Waals surface area contributed by atoms with Crippen LogP contribution in [0.25, 0.3) is 0 Å². The van der Waals surface area contributed by atoms with E-state index in [0.717, 1.165) is 96.9 Å². The lowest BCUT2D eigenvalue weighted by atomic mass is 9.81. The number of carbonyl (C=O) groups excluding carboxylic acids is 5. The molecule has 9 aliphatic heterocycles. The average Bonchev–Trinajstić information content (AvgIpc) is 1.17. The summed E-state index contributed by atoms with van der Waals surface area (Å²) in [7, 11) is 2.28. The van der Waals surface area contributed by atoms with Crippen molar-refractivity contribution in [2.45, 2.75) is 92.2 Å². The minimum atomic E-state index is -5.19. The molecule has 6 bridgehead atoms. The lowest BCUT2D eigenvalue weighted by molar-refractivity contribution is -0.944. The van der Waals surface area contributed by atoms with Crippen LogP contribution in [0.3, 0.4) is 0 Å². The van der Waals surface area contributed by atoms with E-state index in [4.69, 9.17) is 24.5 Å². The Hall–Kier alpha value is -5.87. The number of nitrogens with zero attached hydrogens (tertiary/aromatic N) is 3. The molecule has 532 valence electrons. The Labute approximate surface area is 599 Å². The summed E-state index contributed by atoms with van der Waals surface area (Å²) in [4.78, 5) is 61.6. The normalized spacial score (nSPS) is 24.6. The first-order chi connectivity index (χ1) is 46.1. The number of nitrogens with one attached hydrogen (secondary N) is 3. The number of rotatable bonds is 19. The molecule has 0 spiro atoms. The number of fused-ring (bicyclic) bond motifs is 9. The first-order valence-electron chi connectivity index (χ1n) is 31.8. The molecule has 98 heavy (non-hydrogen) atoms. The number of para-hydroxylation sites is 1. The molecular formula is C68H79BrF6N6O11S6. The molecule has 0 aliphatic carbocycles. The number of hydrogen-bond donors (Lipinski definition) is 6. The number of amides is 3. The SMILES string of the molecule is C=CC[N+]12CCC(CC1)[C@@H](NC(=O)C(O)(c1cccs1)c1cccs1)C2.C[N+]12CCC(CC1)[C@@H](NC(=O)C(O)(c1cccs1)c1cccs1)C2.O=C(NC1C[N+]2(CCCOc3ccccc3)CCC1CC2)C(O)(c1cccs1)c1cccs1.O=C([O-])C(F)(F)F.O=C([O-])C(F)(F)F.[Br-]. The molecule has 9 aliphatic rings. The van der Waals surface area contributed by atoms with Gasteiger partial charge in [0.15, 0.2) is 0 Å². The van der Waals surface area contributed by atoms with Crippen LogP contribution in [0.5, 0.6) is 5.75 Å². The van der Waals surface area contributed by atoms with Gasteiger partial charge in [-0.25, -0.2) is 0 Å². The maximum atomic E-state index is 13.6. The predicted molar refractivity (Wildman–Crippen MR) is 358 cm³/mol. The molecule has 7 aromatic rings. The molecule has 16 rings (SSSR count). The van der Waals surface area contributed by atoms with Gasteiger partial charge in [-0.1, -0.05) is 61.2 Å². The van der Waals surface area contributed by atoms with Crippen LogP contribution in [0.2, 0.25) is 0 Å². The molecule has 15 heterocycles. The maximum Gasteiger partial charge on any atom is 0.430 e. The second-order valence-electron chi connectivity index (χ2n) is 25.7. The van der Waals surface area contributed by atoms with Gasteiger partial charge in [-0.2, -0.15) is 26.3 Å². The molecule has 6 aromatic heterocycles. The summed E-state index contributed by atoms with van der Waals surface area (Å²) in [5.74, 6) is -4.41. The minimum Gasteiger partial charge on any atom is -1.00 e. The van der Waals surface area contributed by atoms with E-state index in [2.05, 4.69) is 29.6 Å². The van der Waals surface area contributed by atoms with Crippen LogP contribution in [0.4, 0.5) is 26.3 Å². The molecule has 1 aromatic carbocycles. The molecule has 1 unspecified atom stereocenters. The number of aliphatic carboxylic acids is 2. The molecular weight excluding hydrogens is 1460 g/mol. The highest BCUT2D eigenvalue weighted by Gasteiger charge is 2.53. The average molecular weight is 1540 g/mol. The summed E-state index contributed by atoms with van der Waals surface area (Å²) in [6.45, 7) is 16.6. The number of hydrogen-bond acceptors (Lipinski definition) is 17. The number of likely N-dealkylation sites (N-methyl/N-ethyl adjacent to an activating group) is 1. The zero-order chi connectivity index (χ0) is 69.9. The molecule has 3 atom stereocenters. The smallest absolute Gasteiger partial charge is 0.430 e. The third kappa shape index (κ3) is 18.4. The molecule has 0 radical (unpaired) electrons. The van der Waals surface area contributed by atoms with E-state index in [1.54, 1.807) is 0 Å². The number of carbonyl (C=O) groups is 5. The van der Waals surface area contributed by atoms with Crippen LogP contribution in [0.15, 0.2) is 148 Å². The second-order valence-corrected chi connectivity index (χ2v) is 31.4. The number of carboxylic acids is 2. The molecule has 9 fully saturated rings. The Kier molecular flexibility index (Phi) is 26.4. The van der Waals surface area contributed by atoms with E-state index < -0.39 is 41.1 Å². The summed E-state index contributed by atoms with van der Waals surface area (Å²) >= 11 is 8.54. The summed E-state index contributed by atoms with van der Waals surface area (Å²) < 4.78 is 72.1. The third-order valence-electron chi connectivity index (χ3n) is 19.5. The van der Waals surface area contributed by atoms with Crippen molar-refractivity contribution in [3.63, 3.8) is 0 Å². The van der Waals surface area contributed by atoms with Crippen LogP contribution in [0, 0.1) is 17.8 Å². The van der Waals surface area contributed by atoms with Crippen LogP contribution < -0.4 is 47.9 Å². The number of aliphatic hydroxyl groups is 3. The molecule has 30 heteroatoms. The van der Waals surface area contributed by atoms with E-state index in [9.17, 15) is 56.0 Å². The molecule has 17 nitrogen and oxygen atoms in total. The Bertz CT molecular complexity index is 3510. The molecule has 0 saturated carbocycles. The lowest BCUT2D eigenvalue weighted by Crippen LogP contribution is -3.00. The van der Waals surface area contributed by atoms with E-state index in [-0.39, 0.29) is 52.8 Å². The fourth-order valence-electron chi connectivity index (χ4n) is 14.2. The fraction of sp³-hybridized carbons (Fsp3) is 0.456. The van der Waals surface area contributed by atoms with Gasteiger partial charge in [0.1, 0.15) is 17.7 Å². The van der Waals surface area contributed by atoms with E-state index in [0.29, 0.717) is 53.6 Å². The highest BCUT2D eigenvalue weighted by molar-refractivity contribution is 7.13. The van der Waals surface area contributed by atoms with Crippen LogP contribution >= 0.6 is 68.0 Å². The fourth-order valence-corrected chi connectivity index (χ4v) is 19.4. The van der Waals surface area contributed by atoms with Gasteiger partial charge in [-0.3, -0.25) is 14.4 Å². The number of thiophene rings is 6. The first kappa shape index (κ1) is 77.9. The second kappa shape index (κ2) is 33.3. The van der Waals surface area contributed by atoms with Crippen molar-refractivity contribution in [1.82, 2.24) is 16.0 Å².